The number of hydrogen-bond donors (Lipinski definition) is 1. The van der Waals surface area contributed by atoms with Gasteiger partial charge in [-0.05, 0) is 34.9 Å². The lowest BCUT2D eigenvalue weighted by molar-refractivity contribution is 0.0831. The monoisotopic (exact) mass is 313 g/mol. The maximum atomic E-state index is 6.14. The maximum Gasteiger partial charge on any atom is 0.0897 e. The van der Waals surface area contributed by atoms with Crippen molar-refractivity contribution in [1.82, 2.24) is 0 Å². The van der Waals surface area contributed by atoms with Gasteiger partial charge in [0.15, 0.2) is 0 Å². The predicted molar refractivity (Wildman–Crippen MR) is 92.6 cm³/mol. The fourth-order valence-corrected chi connectivity index (χ4v) is 4.54. The Balaban J connectivity index is 1.77. The number of fused-ring (bicyclic) bond motifs is 3. The zero-order valence-electron chi connectivity index (χ0n) is 13.4. The molecule has 3 atom stereocenters. The summed E-state index contributed by atoms with van der Waals surface area (Å²) >= 11 is 1.84. The Morgan fingerprint density at radius 3 is 2.82 bits per heavy atom. The molecule has 0 spiro atoms. The van der Waals surface area contributed by atoms with Crippen LogP contribution in [0.15, 0.2) is 35.7 Å². The van der Waals surface area contributed by atoms with Crippen LogP contribution in [0.2, 0.25) is 0 Å². The van der Waals surface area contributed by atoms with Crippen LogP contribution >= 0.6 is 11.3 Å². The fraction of sp³-hybridized carbons (Fsp3) is 0.474. The van der Waals surface area contributed by atoms with Crippen LogP contribution in [0.5, 0.6) is 0 Å². The average Bonchev–Trinajstić information content (AvgIpc) is 3.16. The van der Waals surface area contributed by atoms with Crippen LogP contribution < -0.4 is 5.32 Å². The van der Waals surface area contributed by atoms with Gasteiger partial charge in [0.2, 0.25) is 0 Å². The van der Waals surface area contributed by atoms with Crippen molar-refractivity contribution in [3.63, 3.8) is 0 Å². The van der Waals surface area contributed by atoms with Gasteiger partial charge in [0.25, 0.3) is 0 Å². The molecule has 1 saturated heterocycles. The third-order valence-corrected chi connectivity index (χ3v) is 5.91. The van der Waals surface area contributed by atoms with Crippen molar-refractivity contribution in [2.45, 2.75) is 44.8 Å². The van der Waals surface area contributed by atoms with Gasteiger partial charge < -0.3 is 10.1 Å². The van der Waals surface area contributed by atoms with Crippen molar-refractivity contribution in [3.05, 3.63) is 51.7 Å². The summed E-state index contributed by atoms with van der Waals surface area (Å²) < 4.78 is 6.14. The normalized spacial score (nSPS) is 27.1. The molecule has 0 amide bonds. The molecule has 1 aromatic heterocycles. The van der Waals surface area contributed by atoms with Crippen molar-refractivity contribution in [2.24, 2.45) is 5.92 Å². The summed E-state index contributed by atoms with van der Waals surface area (Å²) in [5.41, 5.74) is 4.16. The Hall–Kier alpha value is -1.32. The molecule has 0 radical (unpaired) electrons. The Labute approximate surface area is 136 Å². The number of anilines is 1. The number of nitrogens with one attached hydrogen (secondary N) is 1. The molecule has 2 aromatic rings. The third kappa shape index (κ3) is 2.27. The third-order valence-electron chi connectivity index (χ3n) is 4.95. The van der Waals surface area contributed by atoms with Gasteiger partial charge >= 0.3 is 0 Å². The minimum absolute atomic E-state index is 0.174. The molecule has 2 aliphatic heterocycles. The van der Waals surface area contributed by atoms with Gasteiger partial charge in [-0.3, -0.25) is 0 Å². The molecule has 1 fully saturated rings. The molecule has 1 N–H and O–H groups in total. The highest BCUT2D eigenvalue weighted by molar-refractivity contribution is 7.10. The van der Waals surface area contributed by atoms with E-state index >= 15 is 0 Å². The summed E-state index contributed by atoms with van der Waals surface area (Å²) in [6, 6.07) is 11.6. The second-order valence-electron chi connectivity index (χ2n) is 7.43. The number of hydrogen-bond acceptors (Lipinski definition) is 3. The van der Waals surface area contributed by atoms with E-state index in [1.165, 1.54) is 21.7 Å². The number of rotatable bonds is 1. The van der Waals surface area contributed by atoms with Gasteiger partial charge in [-0.15, -0.1) is 11.3 Å². The van der Waals surface area contributed by atoms with E-state index in [9.17, 15) is 0 Å². The Kier molecular flexibility index (Phi) is 3.31. The zero-order chi connectivity index (χ0) is 15.3. The van der Waals surface area contributed by atoms with Gasteiger partial charge in [0.1, 0.15) is 0 Å². The first kappa shape index (κ1) is 14.3. The summed E-state index contributed by atoms with van der Waals surface area (Å²) in [5.74, 6) is 0.543. The fourth-order valence-electron chi connectivity index (χ4n) is 3.69. The molecule has 3 heterocycles. The summed E-state index contributed by atoms with van der Waals surface area (Å²) in [5, 5.41) is 5.95. The average molecular weight is 313 g/mol. The van der Waals surface area contributed by atoms with Crippen molar-refractivity contribution < 1.29 is 4.74 Å². The molecular formula is C19H23NOS. The minimum Gasteiger partial charge on any atom is -0.377 e. The number of benzene rings is 1. The predicted octanol–water partition coefficient (Wildman–Crippen LogP) is 5.29. The summed E-state index contributed by atoms with van der Waals surface area (Å²) in [6.45, 7) is 7.68. The topological polar surface area (TPSA) is 21.3 Å². The molecule has 1 aromatic carbocycles. The molecule has 2 nitrogen and oxygen atoms in total. The quantitative estimate of drug-likeness (QED) is 0.772. The molecule has 116 valence electrons. The molecule has 0 aliphatic carbocycles. The van der Waals surface area contributed by atoms with E-state index in [1.54, 1.807) is 0 Å². The minimum atomic E-state index is 0.174. The molecule has 22 heavy (non-hydrogen) atoms. The van der Waals surface area contributed by atoms with E-state index in [0.717, 1.165) is 13.0 Å². The number of thiophene rings is 1. The van der Waals surface area contributed by atoms with E-state index in [0.29, 0.717) is 12.0 Å². The lowest BCUT2D eigenvalue weighted by atomic mass is 9.80. The Morgan fingerprint density at radius 1 is 1.23 bits per heavy atom. The van der Waals surface area contributed by atoms with Crippen LogP contribution in [0.3, 0.4) is 0 Å². The first-order valence-corrected chi connectivity index (χ1v) is 8.98. The second-order valence-corrected chi connectivity index (χ2v) is 8.41. The second kappa shape index (κ2) is 5.10. The van der Waals surface area contributed by atoms with E-state index in [2.05, 4.69) is 61.8 Å². The van der Waals surface area contributed by atoms with Gasteiger partial charge in [-0.2, -0.15) is 0 Å². The summed E-state index contributed by atoms with van der Waals surface area (Å²) in [7, 11) is 0. The van der Waals surface area contributed by atoms with Gasteiger partial charge in [0, 0.05) is 28.7 Å². The lowest BCUT2D eigenvalue weighted by Crippen LogP contribution is -2.29. The lowest BCUT2D eigenvalue weighted by Gasteiger charge is -2.36. The highest BCUT2D eigenvalue weighted by Crippen LogP contribution is 2.51. The Morgan fingerprint density at radius 2 is 2.09 bits per heavy atom. The first-order valence-electron chi connectivity index (χ1n) is 8.10. The van der Waals surface area contributed by atoms with E-state index in [4.69, 9.17) is 4.74 Å². The van der Waals surface area contributed by atoms with Crippen molar-refractivity contribution in [1.29, 1.82) is 0 Å². The Bertz CT molecular complexity index is 671. The van der Waals surface area contributed by atoms with E-state index < -0.39 is 0 Å². The van der Waals surface area contributed by atoms with E-state index in [1.807, 2.05) is 11.3 Å². The molecule has 0 unspecified atom stereocenters. The van der Waals surface area contributed by atoms with Crippen LogP contribution in [0.1, 0.15) is 55.3 Å². The summed E-state index contributed by atoms with van der Waals surface area (Å²) in [4.78, 5) is 1.42. The van der Waals surface area contributed by atoms with E-state index in [-0.39, 0.29) is 11.5 Å². The largest absolute Gasteiger partial charge is 0.377 e. The van der Waals surface area contributed by atoms with Crippen molar-refractivity contribution in [3.8, 4) is 0 Å². The first-order chi connectivity index (χ1) is 10.5. The maximum absolute atomic E-state index is 6.14. The van der Waals surface area contributed by atoms with Gasteiger partial charge in [-0.1, -0.05) is 39.0 Å². The van der Waals surface area contributed by atoms with Crippen molar-refractivity contribution in [2.75, 3.05) is 11.9 Å². The van der Waals surface area contributed by atoms with Gasteiger partial charge in [-0.25, -0.2) is 0 Å². The highest BCUT2D eigenvalue weighted by atomic mass is 32.1. The van der Waals surface area contributed by atoms with Crippen LogP contribution in [-0.4, -0.2) is 6.61 Å². The van der Waals surface area contributed by atoms with Crippen LogP contribution in [0, 0.1) is 5.92 Å². The molecule has 0 bridgehead atoms. The smallest absolute Gasteiger partial charge is 0.0897 e. The molecule has 3 heteroatoms. The number of ether oxygens (including phenoxy) is 1. The van der Waals surface area contributed by atoms with Crippen molar-refractivity contribution >= 4 is 17.0 Å². The van der Waals surface area contributed by atoms with Crippen LogP contribution in [0.4, 0.5) is 5.69 Å². The molecule has 2 aliphatic rings. The molecule has 0 saturated carbocycles. The summed E-state index contributed by atoms with van der Waals surface area (Å²) in [6.07, 6.45) is 1.38. The zero-order valence-corrected chi connectivity index (χ0v) is 14.2. The van der Waals surface area contributed by atoms with Gasteiger partial charge in [0.05, 0.1) is 12.1 Å². The molecular weight excluding hydrogens is 290 g/mol. The SMILES string of the molecule is CC(C)(C)c1ccc2c(c1)[C@H]1OCC[C@H]1[C@H](c1cccs1)N2. The highest BCUT2D eigenvalue weighted by Gasteiger charge is 2.42. The standard InChI is InChI=1S/C19H23NOS/c1-19(2,3)12-6-7-15-14(11-12)18-13(8-9-21-18)17(20-15)16-5-4-10-22-16/h4-7,10-11,13,17-18,20H,8-9H2,1-3H3/t13-,17+,18-/m0/s1. The molecule has 4 rings (SSSR count). The van der Waals surface area contributed by atoms with Crippen LogP contribution in [0.25, 0.3) is 0 Å². The van der Waals surface area contributed by atoms with Crippen LogP contribution in [-0.2, 0) is 10.2 Å².